The average Bonchev–Trinajstić information content (AvgIpc) is 2.39. The molecule has 2 aromatic rings. The van der Waals surface area contributed by atoms with Gasteiger partial charge in [0.2, 0.25) is 0 Å². The van der Waals surface area contributed by atoms with E-state index >= 15 is 0 Å². The molecule has 0 saturated heterocycles. The summed E-state index contributed by atoms with van der Waals surface area (Å²) < 4.78 is 6.06. The Morgan fingerprint density at radius 2 is 1.76 bits per heavy atom. The first kappa shape index (κ1) is 10.4. The molecule has 0 aromatic heterocycles. The van der Waals surface area contributed by atoms with E-state index < -0.39 is 0 Å². The minimum Gasteiger partial charge on any atom is -0.485 e. The maximum Gasteiger partial charge on any atom is 0.124 e. The van der Waals surface area contributed by atoms with Crippen LogP contribution in [0.5, 0.6) is 5.75 Å². The summed E-state index contributed by atoms with van der Waals surface area (Å²) in [6, 6.07) is 17.0. The molecule has 0 radical (unpaired) electrons. The second-order valence-corrected chi connectivity index (χ2v) is 4.66. The Labute approximate surface area is 102 Å². The van der Waals surface area contributed by atoms with Crippen LogP contribution >= 0.6 is 0 Å². The molecule has 2 aromatic carbocycles. The van der Waals surface area contributed by atoms with Crippen LogP contribution in [0.25, 0.3) is 0 Å². The zero-order valence-electron chi connectivity index (χ0n) is 10.0. The number of hydrogen-bond donors (Lipinski definition) is 0. The maximum atomic E-state index is 6.06. The van der Waals surface area contributed by atoms with Crippen LogP contribution < -0.4 is 4.74 Å². The van der Waals surface area contributed by atoms with Crippen molar-refractivity contribution < 1.29 is 4.74 Å². The highest BCUT2D eigenvalue weighted by molar-refractivity contribution is 5.36. The zero-order chi connectivity index (χ0) is 11.7. The van der Waals surface area contributed by atoms with Gasteiger partial charge in [-0.3, -0.25) is 0 Å². The highest BCUT2D eigenvalue weighted by Gasteiger charge is 2.20. The number of aryl methyl sites for hydroxylation is 2. The van der Waals surface area contributed by atoms with Gasteiger partial charge in [0.05, 0.1) is 0 Å². The van der Waals surface area contributed by atoms with E-state index in [-0.39, 0.29) is 6.10 Å². The van der Waals surface area contributed by atoms with E-state index in [9.17, 15) is 0 Å². The van der Waals surface area contributed by atoms with Crippen LogP contribution in [0, 0.1) is 6.92 Å². The van der Waals surface area contributed by atoms with E-state index in [1.165, 1.54) is 16.7 Å². The van der Waals surface area contributed by atoms with Crippen molar-refractivity contribution in [1.29, 1.82) is 0 Å². The molecule has 1 unspecified atom stereocenters. The first-order valence-corrected chi connectivity index (χ1v) is 6.14. The van der Waals surface area contributed by atoms with Gasteiger partial charge in [0.15, 0.2) is 0 Å². The normalized spacial score (nSPS) is 18.3. The number of rotatable bonds is 1. The molecule has 0 N–H and O–H groups in total. The van der Waals surface area contributed by atoms with Gasteiger partial charge in [-0.15, -0.1) is 0 Å². The summed E-state index contributed by atoms with van der Waals surface area (Å²) >= 11 is 0. The van der Waals surface area contributed by atoms with Crippen molar-refractivity contribution in [2.75, 3.05) is 0 Å². The molecule has 1 atom stereocenters. The van der Waals surface area contributed by atoms with Gasteiger partial charge >= 0.3 is 0 Å². The van der Waals surface area contributed by atoms with Crippen molar-refractivity contribution in [3.63, 3.8) is 0 Å². The summed E-state index contributed by atoms with van der Waals surface area (Å²) in [7, 11) is 0. The summed E-state index contributed by atoms with van der Waals surface area (Å²) in [6.07, 6.45) is 2.39. The Balaban J connectivity index is 1.86. The van der Waals surface area contributed by atoms with Crippen molar-refractivity contribution in [1.82, 2.24) is 0 Å². The van der Waals surface area contributed by atoms with E-state index in [2.05, 4.69) is 49.4 Å². The van der Waals surface area contributed by atoms with Gasteiger partial charge in [-0.25, -0.2) is 0 Å². The summed E-state index contributed by atoms with van der Waals surface area (Å²) in [5.74, 6) is 1.05. The SMILES string of the molecule is Cc1ccc(C2CCc3ccccc3O2)cc1. The standard InChI is InChI=1S/C16H16O/c1-12-6-8-14(9-7-12)16-11-10-13-4-2-3-5-15(13)17-16/h2-9,16H,10-11H2,1H3. The largest absolute Gasteiger partial charge is 0.485 e. The fourth-order valence-corrected chi connectivity index (χ4v) is 2.34. The quantitative estimate of drug-likeness (QED) is 0.709. The number of para-hydroxylation sites is 1. The predicted octanol–water partition coefficient (Wildman–Crippen LogP) is 4.06. The van der Waals surface area contributed by atoms with Crippen molar-refractivity contribution in [2.24, 2.45) is 0 Å². The number of benzene rings is 2. The number of ether oxygens (including phenoxy) is 1. The van der Waals surface area contributed by atoms with E-state index in [0.717, 1.165) is 18.6 Å². The number of fused-ring (bicyclic) bond motifs is 1. The van der Waals surface area contributed by atoms with E-state index in [0.29, 0.717) is 0 Å². The van der Waals surface area contributed by atoms with Gasteiger partial charge < -0.3 is 4.74 Å². The molecule has 1 nitrogen and oxygen atoms in total. The third kappa shape index (κ3) is 2.05. The van der Waals surface area contributed by atoms with Crippen LogP contribution in [-0.4, -0.2) is 0 Å². The third-order valence-corrected chi connectivity index (χ3v) is 3.37. The Morgan fingerprint density at radius 1 is 1.00 bits per heavy atom. The molecule has 3 rings (SSSR count). The molecule has 0 fully saturated rings. The Kier molecular flexibility index (Phi) is 2.60. The first-order valence-electron chi connectivity index (χ1n) is 6.14. The van der Waals surface area contributed by atoms with Crippen molar-refractivity contribution in [2.45, 2.75) is 25.9 Å². The smallest absolute Gasteiger partial charge is 0.124 e. The highest BCUT2D eigenvalue weighted by Crippen LogP contribution is 2.34. The second-order valence-electron chi connectivity index (χ2n) is 4.66. The minimum atomic E-state index is 0.213. The van der Waals surface area contributed by atoms with E-state index in [1.807, 2.05) is 6.07 Å². The van der Waals surface area contributed by atoms with Gasteiger partial charge in [-0.1, -0.05) is 48.0 Å². The fourth-order valence-electron chi connectivity index (χ4n) is 2.34. The summed E-state index contributed by atoms with van der Waals surface area (Å²) in [4.78, 5) is 0. The lowest BCUT2D eigenvalue weighted by molar-refractivity contribution is 0.176. The lowest BCUT2D eigenvalue weighted by Crippen LogP contribution is -2.14. The molecule has 86 valence electrons. The molecular weight excluding hydrogens is 208 g/mol. The van der Waals surface area contributed by atoms with Crippen LogP contribution in [-0.2, 0) is 6.42 Å². The average molecular weight is 224 g/mol. The maximum absolute atomic E-state index is 6.06. The van der Waals surface area contributed by atoms with Gasteiger partial charge in [0, 0.05) is 0 Å². The lowest BCUT2D eigenvalue weighted by atomic mass is 9.97. The van der Waals surface area contributed by atoms with Crippen LogP contribution in [0.1, 0.15) is 29.2 Å². The Hall–Kier alpha value is -1.76. The molecule has 0 bridgehead atoms. The molecule has 1 heterocycles. The predicted molar refractivity (Wildman–Crippen MR) is 69.3 cm³/mol. The molecule has 0 saturated carbocycles. The van der Waals surface area contributed by atoms with Crippen molar-refractivity contribution in [3.05, 3.63) is 65.2 Å². The molecule has 1 heteroatoms. The fraction of sp³-hybridized carbons (Fsp3) is 0.250. The van der Waals surface area contributed by atoms with Crippen LogP contribution in [0.15, 0.2) is 48.5 Å². The summed E-state index contributed by atoms with van der Waals surface area (Å²) in [5, 5.41) is 0. The Morgan fingerprint density at radius 3 is 2.59 bits per heavy atom. The van der Waals surface area contributed by atoms with Crippen LogP contribution in [0.4, 0.5) is 0 Å². The van der Waals surface area contributed by atoms with Crippen LogP contribution in [0.3, 0.4) is 0 Å². The van der Waals surface area contributed by atoms with Gasteiger partial charge in [0.1, 0.15) is 11.9 Å². The topological polar surface area (TPSA) is 9.23 Å². The van der Waals surface area contributed by atoms with Crippen molar-refractivity contribution in [3.8, 4) is 5.75 Å². The van der Waals surface area contributed by atoms with Crippen LogP contribution in [0.2, 0.25) is 0 Å². The molecule has 1 aliphatic heterocycles. The molecular formula is C16H16O. The molecule has 0 spiro atoms. The first-order chi connectivity index (χ1) is 8.33. The second kappa shape index (κ2) is 4.25. The van der Waals surface area contributed by atoms with E-state index in [1.54, 1.807) is 0 Å². The molecule has 17 heavy (non-hydrogen) atoms. The Bertz CT molecular complexity index is 513. The summed E-state index contributed by atoms with van der Waals surface area (Å²) in [6.45, 7) is 2.11. The zero-order valence-corrected chi connectivity index (χ0v) is 10.0. The highest BCUT2D eigenvalue weighted by atomic mass is 16.5. The van der Waals surface area contributed by atoms with Crippen molar-refractivity contribution >= 4 is 0 Å². The molecule has 0 aliphatic carbocycles. The van der Waals surface area contributed by atoms with Gasteiger partial charge in [-0.05, 0) is 37.0 Å². The van der Waals surface area contributed by atoms with Gasteiger partial charge in [-0.2, -0.15) is 0 Å². The van der Waals surface area contributed by atoms with Gasteiger partial charge in [0.25, 0.3) is 0 Å². The lowest BCUT2D eigenvalue weighted by Gasteiger charge is -2.26. The third-order valence-electron chi connectivity index (χ3n) is 3.37. The molecule has 1 aliphatic rings. The minimum absolute atomic E-state index is 0.213. The van der Waals surface area contributed by atoms with E-state index in [4.69, 9.17) is 4.74 Å². The number of hydrogen-bond acceptors (Lipinski definition) is 1. The molecule has 0 amide bonds. The summed E-state index contributed by atoms with van der Waals surface area (Å²) in [5.41, 5.74) is 3.91. The monoisotopic (exact) mass is 224 g/mol.